The SMILES string of the molecule is CCNc1cnccc1C(=O)Nc1ccccc1SC. The number of aromatic nitrogens is 1. The van der Waals surface area contributed by atoms with Gasteiger partial charge in [0.05, 0.1) is 23.1 Å². The fraction of sp³-hybridized carbons (Fsp3) is 0.200. The van der Waals surface area contributed by atoms with Gasteiger partial charge in [-0.2, -0.15) is 0 Å². The highest BCUT2D eigenvalue weighted by molar-refractivity contribution is 7.98. The first-order valence-electron chi connectivity index (χ1n) is 6.38. The lowest BCUT2D eigenvalue weighted by molar-refractivity contribution is 0.102. The molecule has 1 aromatic heterocycles. The summed E-state index contributed by atoms with van der Waals surface area (Å²) < 4.78 is 0. The van der Waals surface area contributed by atoms with Crippen LogP contribution < -0.4 is 10.6 Å². The minimum absolute atomic E-state index is 0.134. The summed E-state index contributed by atoms with van der Waals surface area (Å²) in [7, 11) is 0. The molecule has 1 heterocycles. The van der Waals surface area contributed by atoms with E-state index in [9.17, 15) is 4.79 Å². The van der Waals surface area contributed by atoms with E-state index in [-0.39, 0.29) is 5.91 Å². The van der Waals surface area contributed by atoms with Crippen molar-refractivity contribution in [2.45, 2.75) is 11.8 Å². The third-order valence-corrected chi connectivity index (χ3v) is 3.58. The van der Waals surface area contributed by atoms with Gasteiger partial charge in [0.1, 0.15) is 0 Å². The van der Waals surface area contributed by atoms with Crippen molar-refractivity contribution in [1.29, 1.82) is 0 Å². The normalized spacial score (nSPS) is 10.1. The zero-order valence-electron chi connectivity index (χ0n) is 11.5. The molecule has 0 atom stereocenters. The molecule has 1 aromatic carbocycles. The Bertz CT molecular complexity index is 601. The first kappa shape index (κ1) is 14.4. The van der Waals surface area contributed by atoms with Crippen LogP contribution in [-0.2, 0) is 0 Å². The molecule has 2 aromatic rings. The lowest BCUT2D eigenvalue weighted by Gasteiger charge is -2.12. The minimum Gasteiger partial charge on any atom is -0.383 e. The van der Waals surface area contributed by atoms with E-state index in [0.717, 1.165) is 22.8 Å². The molecule has 0 spiro atoms. The first-order chi connectivity index (χ1) is 9.76. The van der Waals surface area contributed by atoms with Gasteiger partial charge in [0, 0.05) is 17.6 Å². The van der Waals surface area contributed by atoms with Crippen LogP contribution in [0.3, 0.4) is 0 Å². The molecule has 4 nitrogen and oxygen atoms in total. The van der Waals surface area contributed by atoms with Gasteiger partial charge in [-0.25, -0.2) is 0 Å². The molecule has 20 heavy (non-hydrogen) atoms. The second-order valence-corrected chi connectivity index (χ2v) is 4.95. The van der Waals surface area contributed by atoms with Gasteiger partial charge >= 0.3 is 0 Å². The topological polar surface area (TPSA) is 54.0 Å². The molecule has 0 aliphatic carbocycles. The predicted octanol–water partition coefficient (Wildman–Crippen LogP) is 3.49. The minimum atomic E-state index is -0.134. The summed E-state index contributed by atoms with van der Waals surface area (Å²) in [4.78, 5) is 17.5. The molecule has 1 amide bonds. The van der Waals surface area contributed by atoms with Crippen LogP contribution in [0.5, 0.6) is 0 Å². The van der Waals surface area contributed by atoms with Crippen molar-refractivity contribution in [3.63, 3.8) is 0 Å². The average molecular weight is 287 g/mol. The van der Waals surface area contributed by atoms with Crippen LogP contribution in [-0.4, -0.2) is 23.7 Å². The molecule has 0 unspecified atom stereocenters. The van der Waals surface area contributed by atoms with Gasteiger partial charge in [0.25, 0.3) is 5.91 Å². The Morgan fingerprint density at radius 1 is 1.25 bits per heavy atom. The molecule has 5 heteroatoms. The van der Waals surface area contributed by atoms with Gasteiger partial charge in [0.15, 0.2) is 0 Å². The van der Waals surface area contributed by atoms with E-state index in [2.05, 4.69) is 15.6 Å². The third-order valence-electron chi connectivity index (χ3n) is 2.79. The molecular formula is C15H17N3OS. The van der Waals surface area contributed by atoms with E-state index in [1.54, 1.807) is 30.2 Å². The highest BCUT2D eigenvalue weighted by Crippen LogP contribution is 2.25. The van der Waals surface area contributed by atoms with Crippen molar-refractivity contribution < 1.29 is 4.79 Å². The van der Waals surface area contributed by atoms with Crippen LogP contribution in [0.25, 0.3) is 0 Å². The maximum absolute atomic E-state index is 12.4. The van der Waals surface area contributed by atoms with Crippen molar-refractivity contribution in [3.8, 4) is 0 Å². The Labute approximate surface area is 123 Å². The number of nitrogens with one attached hydrogen (secondary N) is 2. The summed E-state index contributed by atoms with van der Waals surface area (Å²) >= 11 is 1.60. The Balaban J connectivity index is 2.24. The van der Waals surface area contributed by atoms with Gasteiger partial charge in [0.2, 0.25) is 0 Å². The molecule has 0 saturated heterocycles. The van der Waals surface area contributed by atoms with Gasteiger partial charge in [-0.15, -0.1) is 11.8 Å². The smallest absolute Gasteiger partial charge is 0.257 e. The van der Waals surface area contributed by atoms with Gasteiger partial charge in [-0.05, 0) is 31.4 Å². The van der Waals surface area contributed by atoms with Crippen molar-refractivity contribution in [2.24, 2.45) is 0 Å². The molecule has 0 radical (unpaired) electrons. The lowest BCUT2D eigenvalue weighted by atomic mass is 10.2. The fourth-order valence-corrected chi connectivity index (χ4v) is 2.41. The monoisotopic (exact) mass is 287 g/mol. The summed E-state index contributed by atoms with van der Waals surface area (Å²) in [5.74, 6) is -0.134. The summed E-state index contributed by atoms with van der Waals surface area (Å²) in [6.45, 7) is 2.73. The highest BCUT2D eigenvalue weighted by Gasteiger charge is 2.12. The molecule has 104 valence electrons. The van der Waals surface area contributed by atoms with Crippen LogP contribution in [0.2, 0.25) is 0 Å². The first-order valence-corrected chi connectivity index (χ1v) is 7.61. The fourth-order valence-electron chi connectivity index (χ4n) is 1.86. The molecular weight excluding hydrogens is 270 g/mol. The number of carbonyl (C=O) groups excluding carboxylic acids is 1. The van der Waals surface area contributed by atoms with Gasteiger partial charge < -0.3 is 10.6 Å². The van der Waals surface area contributed by atoms with E-state index >= 15 is 0 Å². The van der Waals surface area contributed by atoms with E-state index in [4.69, 9.17) is 0 Å². The number of pyridine rings is 1. The number of anilines is 2. The third kappa shape index (κ3) is 3.30. The summed E-state index contributed by atoms with van der Waals surface area (Å²) in [6.07, 6.45) is 5.27. The number of hydrogen-bond acceptors (Lipinski definition) is 4. The van der Waals surface area contributed by atoms with Crippen LogP contribution in [0.4, 0.5) is 11.4 Å². The number of carbonyl (C=O) groups is 1. The standard InChI is InChI=1S/C15H17N3OS/c1-3-17-13-10-16-9-8-11(13)15(19)18-12-6-4-5-7-14(12)20-2/h4-10,17H,3H2,1-2H3,(H,18,19). The Morgan fingerprint density at radius 3 is 2.80 bits per heavy atom. The molecule has 0 bridgehead atoms. The number of benzene rings is 1. The van der Waals surface area contributed by atoms with Crippen molar-refractivity contribution in [2.75, 3.05) is 23.4 Å². The van der Waals surface area contributed by atoms with E-state index in [1.807, 2.05) is 37.4 Å². The summed E-state index contributed by atoms with van der Waals surface area (Å²) in [5, 5.41) is 6.09. The van der Waals surface area contributed by atoms with E-state index in [0.29, 0.717) is 5.56 Å². The molecule has 2 rings (SSSR count). The van der Waals surface area contributed by atoms with E-state index < -0.39 is 0 Å². The van der Waals surface area contributed by atoms with Crippen molar-refractivity contribution >= 4 is 29.0 Å². The zero-order chi connectivity index (χ0) is 14.4. The largest absolute Gasteiger partial charge is 0.383 e. The van der Waals surface area contributed by atoms with Crippen LogP contribution in [0.15, 0.2) is 47.6 Å². The maximum atomic E-state index is 12.4. The van der Waals surface area contributed by atoms with Gasteiger partial charge in [-0.1, -0.05) is 12.1 Å². The van der Waals surface area contributed by atoms with E-state index in [1.165, 1.54) is 0 Å². The predicted molar refractivity (Wildman–Crippen MR) is 84.6 cm³/mol. The van der Waals surface area contributed by atoms with Crippen molar-refractivity contribution in [1.82, 2.24) is 4.98 Å². The molecule has 2 N–H and O–H groups in total. The highest BCUT2D eigenvalue weighted by atomic mass is 32.2. The number of para-hydroxylation sites is 1. The van der Waals surface area contributed by atoms with Crippen LogP contribution >= 0.6 is 11.8 Å². The second-order valence-electron chi connectivity index (χ2n) is 4.11. The Hall–Kier alpha value is -2.01. The van der Waals surface area contributed by atoms with Crippen molar-refractivity contribution in [3.05, 3.63) is 48.3 Å². The average Bonchev–Trinajstić information content (AvgIpc) is 2.48. The zero-order valence-corrected chi connectivity index (χ0v) is 12.3. The second kappa shape index (κ2) is 6.96. The lowest BCUT2D eigenvalue weighted by Crippen LogP contribution is -2.15. The summed E-state index contributed by atoms with van der Waals surface area (Å²) in [6, 6.07) is 9.47. The van der Waals surface area contributed by atoms with Gasteiger partial charge in [-0.3, -0.25) is 9.78 Å². The Kier molecular flexibility index (Phi) is 5.01. The number of nitrogens with zero attached hydrogens (tertiary/aromatic N) is 1. The Morgan fingerprint density at radius 2 is 2.05 bits per heavy atom. The molecule has 0 aliphatic rings. The maximum Gasteiger partial charge on any atom is 0.257 e. The number of amides is 1. The molecule has 0 aliphatic heterocycles. The number of rotatable bonds is 5. The molecule has 0 saturated carbocycles. The molecule has 0 fully saturated rings. The quantitative estimate of drug-likeness (QED) is 0.827. The number of thioether (sulfide) groups is 1. The van der Waals surface area contributed by atoms with Crippen LogP contribution in [0.1, 0.15) is 17.3 Å². The summed E-state index contributed by atoms with van der Waals surface area (Å²) in [5.41, 5.74) is 2.16. The number of hydrogen-bond donors (Lipinski definition) is 2. The van der Waals surface area contributed by atoms with Crippen LogP contribution in [0, 0.1) is 0 Å².